The van der Waals surface area contributed by atoms with Crippen LogP contribution in [0.2, 0.25) is 0 Å². The smallest absolute Gasteiger partial charge is 0.159 e. The third kappa shape index (κ3) is 3.24. The van der Waals surface area contributed by atoms with Gasteiger partial charge in [-0.15, -0.1) is 0 Å². The molecule has 1 N–H and O–H groups in total. The second-order valence-electron chi connectivity index (χ2n) is 10.2. The van der Waals surface area contributed by atoms with Crippen molar-refractivity contribution >= 4 is 17.4 Å². The van der Waals surface area contributed by atoms with Crippen molar-refractivity contribution in [3.8, 4) is 11.3 Å². The minimum absolute atomic E-state index is 0.0935. The van der Waals surface area contributed by atoms with Gasteiger partial charge in [0.05, 0.1) is 12.4 Å². The van der Waals surface area contributed by atoms with Gasteiger partial charge in [-0.3, -0.25) is 4.79 Å². The monoisotopic (exact) mass is 427 g/mol. The minimum Gasteiger partial charge on any atom is -0.377 e. The first-order valence-electron chi connectivity index (χ1n) is 11.3. The van der Waals surface area contributed by atoms with Gasteiger partial charge in [-0.05, 0) is 85.6 Å². The average molecular weight is 428 g/mol. The minimum atomic E-state index is -0.953. The summed E-state index contributed by atoms with van der Waals surface area (Å²) in [4.78, 5) is 14.7. The molecule has 1 aromatic rings. The van der Waals surface area contributed by atoms with Gasteiger partial charge in [0, 0.05) is 17.7 Å². The maximum absolute atomic E-state index is 13.1. The molecule has 160 valence electrons. The van der Waals surface area contributed by atoms with Gasteiger partial charge in [0.1, 0.15) is 12.1 Å². The van der Waals surface area contributed by atoms with Crippen LogP contribution in [0.5, 0.6) is 0 Å². The Bertz CT molecular complexity index is 917. The summed E-state index contributed by atoms with van der Waals surface area (Å²) >= 11 is 5.59. The number of Topliss-reactive ketones (excluding diaryl/α,β-unsaturated/α-hetero) is 1. The predicted molar refractivity (Wildman–Crippen MR) is 114 cm³/mol. The molecule has 5 rings (SSSR count). The third-order valence-electron chi connectivity index (χ3n) is 8.94. The molecule has 0 aliphatic heterocycles. The molecule has 0 amide bonds. The molecule has 3 fully saturated rings. The zero-order valence-electron chi connectivity index (χ0n) is 17.6. The molecule has 4 aliphatic carbocycles. The van der Waals surface area contributed by atoms with E-state index in [1.807, 2.05) is 0 Å². The Kier molecular flexibility index (Phi) is 5.07. The molecule has 4 aliphatic rings. The summed E-state index contributed by atoms with van der Waals surface area (Å²) in [5.41, 5.74) is 0.533. The third-order valence-corrected chi connectivity index (χ3v) is 9.03. The van der Waals surface area contributed by atoms with E-state index in [0.717, 1.165) is 32.1 Å². The molecule has 0 saturated heterocycles. The van der Waals surface area contributed by atoms with Crippen LogP contribution in [0.1, 0.15) is 58.3 Å². The average Bonchev–Trinajstić information content (AvgIpc) is 3.34. The van der Waals surface area contributed by atoms with Crippen LogP contribution in [0.15, 0.2) is 24.0 Å². The van der Waals surface area contributed by atoms with Crippen LogP contribution in [-0.2, 0) is 11.3 Å². The Labute approximate surface area is 183 Å². The topological polar surface area (TPSA) is 68.0 Å². The summed E-state index contributed by atoms with van der Waals surface area (Å²) in [6.07, 6.45) is 13.5. The van der Waals surface area contributed by atoms with Crippen LogP contribution in [0.3, 0.4) is 0 Å². The van der Waals surface area contributed by atoms with Crippen molar-refractivity contribution in [1.82, 2.24) is 15.0 Å². The van der Waals surface area contributed by atoms with Gasteiger partial charge in [-0.2, -0.15) is 15.0 Å². The van der Waals surface area contributed by atoms with Crippen LogP contribution in [0.4, 0.5) is 0 Å². The van der Waals surface area contributed by atoms with E-state index in [0.29, 0.717) is 48.8 Å². The molecule has 1 heterocycles. The fraction of sp³-hybridized carbons (Fsp3) is 0.708. The molecule has 6 heteroatoms. The second kappa shape index (κ2) is 7.50. The van der Waals surface area contributed by atoms with E-state index in [1.54, 1.807) is 12.4 Å². The van der Waals surface area contributed by atoms with Gasteiger partial charge in [0.25, 0.3) is 0 Å². The molecule has 0 unspecified atom stereocenters. The maximum Gasteiger partial charge on any atom is 0.159 e. The van der Waals surface area contributed by atoms with E-state index < -0.39 is 5.60 Å². The number of ketones is 1. The van der Waals surface area contributed by atoms with Gasteiger partial charge in [0.15, 0.2) is 5.78 Å². The van der Waals surface area contributed by atoms with Crippen LogP contribution >= 0.6 is 11.6 Å². The first kappa shape index (κ1) is 20.3. The Morgan fingerprint density at radius 3 is 2.80 bits per heavy atom. The molecule has 0 bridgehead atoms. The Balaban J connectivity index is 1.34. The fourth-order valence-corrected chi connectivity index (χ4v) is 7.77. The number of nitrogens with zero attached hydrogens (tertiary/aromatic N) is 3. The Morgan fingerprint density at radius 1 is 1.23 bits per heavy atom. The molecule has 5 nitrogen and oxygen atoms in total. The van der Waals surface area contributed by atoms with Crippen molar-refractivity contribution in [2.24, 2.45) is 35.0 Å². The number of rotatable bonds is 3. The summed E-state index contributed by atoms with van der Waals surface area (Å²) in [6.45, 7) is 2.66. The van der Waals surface area contributed by atoms with Crippen molar-refractivity contribution in [2.75, 3.05) is 0 Å². The number of allylic oxidation sites excluding steroid dienone is 1. The van der Waals surface area contributed by atoms with Gasteiger partial charge < -0.3 is 5.11 Å². The molecular formula is C24H30ClN3O2. The number of aromatic nitrogens is 3. The molecule has 0 spiro atoms. The number of halogens is 1. The zero-order chi connectivity index (χ0) is 20.9. The van der Waals surface area contributed by atoms with Crippen LogP contribution < -0.4 is 0 Å². The zero-order valence-corrected chi connectivity index (χ0v) is 18.3. The lowest BCUT2D eigenvalue weighted by Crippen LogP contribution is -2.48. The van der Waals surface area contributed by atoms with E-state index >= 15 is 0 Å². The second-order valence-corrected chi connectivity index (χ2v) is 10.4. The summed E-state index contributed by atoms with van der Waals surface area (Å²) in [7, 11) is 0. The molecule has 0 radical (unpaired) electrons. The van der Waals surface area contributed by atoms with Gasteiger partial charge in [0.2, 0.25) is 0 Å². The van der Waals surface area contributed by atoms with Crippen molar-refractivity contribution in [3.63, 3.8) is 0 Å². The molecule has 7 atom stereocenters. The Hall–Kier alpha value is -1.64. The highest BCUT2D eigenvalue weighted by molar-refractivity contribution is 6.30. The number of hydrogen-bond acceptors (Lipinski definition) is 4. The summed E-state index contributed by atoms with van der Waals surface area (Å²) in [6, 6.07) is 0. The normalized spacial score (nSPS) is 42.2. The molecule has 30 heavy (non-hydrogen) atoms. The SMILES string of the molecule is C[C@]12CC[C@H]3[C@@H](CC=C4C[C@@](O)(C#CCl)CC[C@@H]43)[C@@H]1CC[C@@H]2C(=O)Cn1nccn1. The van der Waals surface area contributed by atoms with Gasteiger partial charge in [-0.25, -0.2) is 0 Å². The van der Waals surface area contributed by atoms with E-state index in [1.165, 1.54) is 16.8 Å². The first-order chi connectivity index (χ1) is 14.4. The number of carbonyl (C=O) groups is 1. The van der Waals surface area contributed by atoms with Gasteiger partial charge in [-0.1, -0.05) is 24.5 Å². The number of hydrogen-bond donors (Lipinski definition) is 1. The van der Waals surface area contributed by atoms with Crippen LogP contribution in [-0.4, -0.2) is 31.5 Å². The summed E-state index contributed by atoms with van der Waals surface area (Å²) in [5, 5.41) is 21.4. The lowest BCUT2D eigenvalue weighted by Gasteiger charge is -2.54. The lowest BCUT2D eigenvalue weighted by molar-refractivity contribution is -0.130. The van der Waals surface area contributed by atoms with Crippen molar-refractivity contribution in [2.45, 2.75) is 70.4 Å². The Morgan fingerprint density at radius 2 is 2.03 bits per heavy atom. The largest absolute Gasteiger partial charge is 0.377 e. The molecule has 1 aromatic heterocycles. The van der Waals surface area contributed by atoms with E-state index in [9.17, 15) is 9.90 Å². The quantitative estimate of drug-likeness (QED) is 0.585. The highest BCUT2D eigenvalue weighted by atomic mass is 35.5. The van der Waals surface area contributed by atoms with E-state index in [-0.39, 0.29) is 11.3 Å². The summed E-state index contributed by atoms with van der Waals surface area (Å²) in [5.74, 6) is 5.75. The fourth-order valence-electron chi connectivity index (χ4n) is 7.59. The number of fused-ring (bicyclic) bond motifs is 5. The summed E-state index contributed by atoms with van der Waals surface area (Å²) < 4.78 is 0. The molecule has 0 aromatic carbocycles. The first-order valence-corrected chi connectivity index (χ1v) is 11.7. The van der Waals surface area contributed by atoms with Crippen LogP contribution in [0.25, 0.3) is 0 Å². The lowest BCUT2D eigenvalue weighted by atomic mass is 9.51. The highest BCUT2D eigenvalue weighted by Gasteiger charge is 2.57. The standard InChI is InChI=1S/C24H30ClN3O2/c1-23-8-6-18-17-7-9-24(30,10-11-25)14-16(17)2-3-19(18)20(23)4-5-21(23)22(29)15-28-26-12-13-27-28/h2,12-13,17-21,30H,3-9,14-15H2,1H3/t17-,18+,19+,20-,21+,23-,24-/m0/s1. The molecular weight excluding hydrogens is 398 g/mol. The predicted octanol–water partition coefficient (Wildman–Crippen LogP) is 3.97. The maximum atomic E-state index is 13.1. The van der Waals surface area contributed by atoms with E-state index in [4.69, 9.17) is 11.6 Å². The number of aliphatic hydroxyl groups is 1. The molecule has 3 saturated carbocycles. The van der Waals surface area contributed by atoms with Crippen molar-refractivity contribution in [1.29, 1.82) is 0 Å². The van der Waals surface area contributed by atoms with Gasteiger partial charge >= 0.3 is 0 Å². The van der Waals surface area contributed by atoms with Crippen LogP contribution in [0, 0.1) is 46.3 Å². The van der Waals surface area contributed by atoms with Crippen molar-refractivity contribution < 1.29 is 9.90 Å². The van der Waals surface area contributed by atoms with E-state index in [2.05, 4.69) is 34.5 Å². The van der Waals surface area contributed by atoms with Crippen molar-refractivity contribution in [3.05, 3.63) is 24.0 Å². The number of carbonyl (C=O) groups excluding carboxylic acids is 1. The highest BCUT2D eigenvalue weighted by Crippen LogP contribution is 2.63.